The Morgan fingerprint density at radius 3 is 3.20 bits per heavy atom. The van der Waals surface area contributed by atoms with Crippen LogP contribution in [0.25, 0.3) is 11.0 Å². The normalized spacial score (nSPS) is 15.5. The molecule has 0 bridgehead atoms. The van der Waals surface area contributed by atoms with Gasteiger partial charge in [-0.2, -0.15) is 5.10 Å². The highest BCUT2D eigenvalue weighted by Crippen LogP contribution is 2.10. The second-order valence-corrected chi connectivity index (χ2v) is 3.71. The molecule has 0 atom stereocenters. The van der Waals surface area contributed by atoms with Crippen LogP contribution in [0.3, 0.4) is 0 Å². The maximum absolute atomic E-state index is 12.1. The van der Waals surface area contributed by atoms with Gasteiger partial charge in [0.25, 0.3) is 5.56 Å². The molecule has 2 aromatic rings. The molecule has 2 aromatic heterocycles. The Bertz CT molecular complexity index is 582. The third-order valence-corrected chi connectivity index (χ3v) is 2.73. The Hall–Kier alpha value is -1.69. The van der Waals surface area contributed by atoms with Crippen LogP contribution >= 0.6 is 0 Å². The van der Waals surface area contributed by atoms with E-state index in [9.17, 15) is 4.79 Å². The Morgan fingerprint density at radius 1 is 1.47 bits per heavy atom. The third-order valence-electron chi connectivity index (χ3n) is 2.73. The first-order valence-electron chi connectivity index (χ1n) is 4.92. The fourth-order valence-electron chi connectivity index (χ4n) is 1.94. The molecule has 0 radical (unpaired) electrons. The molecule has 3 rings (SSSR count). The lowest BCUT2D eigenvalue weighted by atomic mass is 10.3. The summed E-state index contributed by atoms with van der Waals surface area (Å²) in [4.78, 5) is 16.4. The zero-order valence-corrected chi connectivity index (χ0v) is 8.37. The van der Waals surface area contributed by atoms with Gasteiger partial charge in [-0.15, -0.1) is 0 Å². The van der Waals surface area contributed by atoms with Crippen LogP contribution in [-0.4, -0.2) is 26.3 Å². The van der Waals surface area contributed by atoms with Gasteiger partial charge in [-0.3, -0.25) is 14.5 Å². The van der Waals surface area contributed by atoms with E-state index in [1.54, 1.807) is 4.57 Å². The first-order valence-corrected chi connectivity index (χ1v) is 4.92. The number of hydrogen-bond donors (Lipinski definition) is 2. The molecule has 3 heterocycles. The minimum atomic E-state index is 0.0164. The van der Waals surface area contributed by atoms with Gasteiger partial charge in [0, 0.05) is 18.8 Å². The van der Waals surface area contributed by atoms with Crippen LogP contribution in [0.4, 0.5) is 0 Å². The molecule has 1 aliphatic heterocycles. The van der Waals surface area contributed by atoms with Gasteiger partial charge in [-0.25, -0.2) is 4.98 Å². The predicted molar refractivity (Wildman–Crippen MR) is 54.6 cm³/mol. The zero-order valence-electron chi connectivity index (χ0n) is 8.37. The molecule has 0 saturated heterocycles. The number of aromatic amines is 1. The Labute approximate surface area is 85.3 Å². The molecule has 0 amide bonds. The lowest BCUT2D eigenvalue weighted by Gasteiger charge is -2.17. The molecular weight excluding hydrogens is 194 g/mol. The Morgan fingerprint density at radius 2 is 2.33 bits per heavy atom. The van der Waals surface area contributed by atoms with E-state index < -0.39 is 0 Å². The van der Waals surface area contributed by atoms with Crippen LogP contribution in [0.1, 0.15) is 11.5 Å². The first kappa shape index (κ1) is 8.60. The minimum absolute atomic E-state index is 0.0164. The van der Waals surface area contributed by atoms with Crippen LogP contribution in [0.2, 0.25) is 0 Å². The molecule has 0 spiro atoms. The summed E-state index contributed by atoms with van der Waals surface area (Å²) in [6.45, 7) is 3.97. The topological polar surface area (TPSA) is 75.6 Å². The monoisotopic (exact) mass is 205 g/mol. The summed E-state index contributed by atoms with van der Waals surface area (Å²) in [5, 5.41) is 10.6. The maximum atomic E-state index is 12.1. The molecule has 6 nitrogen and oxygen atoms in total. The van der Waals surface area contributed by atoms with E-state index in [1.165, 1.54) is 0 Å². The van der Waals surface area contributed by atoms with Crippen molar-refractivity contribution in [3.63, 3.8) is 0 Å². The van der Waals surface area contributed by atoms with Crippen molar-refractivity contribution in [2.45, 2.75) is 20.0 Å². The molecule has 15 heavy (non-hydrogen) atoms. The van der Waals surface area contributed by atoms with Gasteiger partial charge >= 0.3 is 0 Å². The number of nitrogens with zero attached hydrogens (tertiary/aromatic N) is 3. The molecule has 0 unspecified atom stereocenters. The summed E-state index contributed by atoms with van der Waals surface area (Å²) in [5.74, 6) is 0.769. The van der Waals surface area contributed by atoms with Crippen LogP contribution in [0, 0.1) is 6.92 Å². The van der Waals surface area contributed by atoms with Crippen molar-refractivity contribution in [2.24, 2.45) is 0 Å². The molecule has 0 aliphatic carbocycles. The van der Waals surface area contributed by atoms with Gasteiger partial charge in [-0.1, -0.05) is 0 Å². The summed E-state index contributed by atoms with van der Waals surface area (Å²) in [7, 11) is 0. The van der Waals surface area contributed by atoms with Crippen LogP contribution < -0.4 is 10.9 Å². The van der Waals surface area contributed by atoms with Gasteiger partial charge < -0.3 is 5.32 Å². The fraction of sp³-hybridized carbons (Fsp3) is 0.444. The van der Waals surface area contributed by atoms with Crippen molar-refractivity contribution >= 4 is 11.0 Å². The molecule has 0 fully saturated rings. The fourth-order valence-corrected chi connectivity index (χ4v) is 1.94. The van der Waals surface area contributed by atoms with E-state index >= 15 is 0 Å². The summed E-state index contributed by atoms with van der Waals surface area (Å²) in [5.41, 5.74) is 1.33. The quantitative estimate of drug-likeness (QED) is 0.609. The number of rotatable bonds is 0. The van der Waals surface area contributed by atoms with E-state index in [4.69, 9.17) is 0 Å². The van der Waals surface area contributed by atoms with Crippen molar-refractivity contribution in [1.29, 1.82) is 0 Å². The zero-order chi connectivity index (χ0) is 10.4. The largest absolute Gasteiger partial charge is 0.308 e. The summed E-state index contributed by atoms with van der Waals surface area (Å²) in [6, 6.07) is 0. The van der Waals surface area contributed by atoms with Gasteiger partial charge in [0.2, 0.25) is 0 Å². The standard InChI is InChI=1S/C9H11N5O/c1-5-7-8(13-12-5)11-6-4-10-2-3-14(6)9(7)15/h10H,2-4H2,1H3,(H,12,13). The van der Waals surface area contributed by atoms with Gasteiger partial charge in [0.15, 0.2) is 5.65 Å². The molecule has 2 N–H and O–H groups in total. The molecule has 0 aromatic carbocycles. The lowest BCUT2D eigenvalue weighted by Crippen LogP contribution is -2.37. The SMILES string of the molecule is Cc1[nH]nc2nc3n(c(=O)c12)CCNC3. The average Bonchev–Trinajstić information content (AvgIpc) is 2.61. The molecule has 6 heteroatoms. The summed E-state index contributed by atoms with van der Waals surface area (Å²) in [6.07, 6.45) is 0. The van der Waals surface area contributed by atoms with Crippen molar-refractivity contribution in [2.75, 3.05) is 6.54 Å². The van der Waals surface area contributed by atoms with E-state index in [2.05, 4.69) is 20.5 Å². The summed E-state index contributed by atoms with van der Waals surface area (Å²) >= 11 is 0. The first-order chi connectivity index (χ1) is 7.27. The smallest absolute Gasteiger partial charge is 0.265 e. The Balaban J connectivity index is 2.44. The van der Waals surface area contributed by atoms with Crippen LogP contribution in [-0.2, 0) is 13.1 Å². The lowest BCUT2D eigenvalue weighted by molar-refractivity contribution is 0.486. The molecule has 0 saturated carbocycles. The molecular formula is C9H11N5O. The van der Waals surface area contributed by atoms with Crippen molar-refractivity contribution < 1.29 is 0 Å². The number of aromatic nitrogens is 4. The maximum Gasteiger partial charge on any atom is 0.265 e. The highest BCUT2D eigenvalue weighted by molar-refractivity contribution is 5.76. The number of H-pyrrole nitrogens is 1. The van der Waals surface area contributed by atoms with Crippen LogP contribution in [0.5, 0.6) is 0 Å². The average molecular weight is 205 g/mol. The van der Waals surface area contributed by atoms with Gasteiger partial charge in [0.1, 0.15) is 11.2 Å². The highest BCUT2D eigenvalue weighted by atomic mass is 16.1. The highest BCUT2D eigenvalue weighted by Gasteiger charge is 2.16. The number of hydrogen-bond acceptors (Lipinski definition) is 4. The van der Waals surface area contributed by atoms with Gasteiger partial charge in [-0.05, 0) is 6.92 Å². The van der Waals surface area contributed by atoms with Crippen molar-refractivity contribution in [3.05, 3.63) is 21.9 Å². The van der Waals surface area contributed by atoms with Gasteiger partial charge in [0.05, 0.1) is 6.54 Å². The Kier molecular flexibility index (Phi) is 1.66. The van der Waals surface area contributed by atoms with Crippen molar-refractivity contribution in [1.82, 2.24) is 25.1 Å². The second kappa shape index (κ2) is 2.90. The predicted octanol–water partition coefficient (Wildman–Crippen LogP) is -0.469. The van der Waals surface area contributed by atoms with E-state index in [1.807, 2.05) is 6.92 Å². The minimum Gasteiger partial charge on any atom is -0.308 e. The number of nitrogens with one attached hydrogen (secondary N) is 2. The van der Waals surface area contributed by atoms with E-state index in [0.717, 1.165) is 18.1 Å². The van der Waals surface area contributed by atoms with Crippen molar-refractivity contribution in [3.8, 4) is 0 Å². The third kappa shape index (κ3) is 1.11. The number of fused-ring (bicyclic) bond motifs is 2. The summed E-state index contributed by atoms with van der Waals surface area (Å²) < 4.78 is 1.72. The van der Waals surface area contributed by atoms with E-state index in [0.29, 0.717) is 24.1 Å². The van der Waals surface area contributed by atoms with E-state index in [-0.39, 0.29) is 5.56 Å². The molecule has 78 valence electrons. The number of aryl methyl sites for hydroxylation is 1. The second-order valence-electron chi connectivity index (χ2n) is 3.71. The van der Waals surface area contributed by atoms with Crippen LogP contribution in [0.15, 0.2) is 4.79 Å². The molecule has 1 aliphatic rings.